The molecule has 0 aliphatic carbocycles. The highest BCUT2D eigenvalue weighted by Gasteiger charge is 2.36. The van der Waals surface area contributed by atoms with E-state index in [1.807, 2.05) is 18.2 Å². The first kappa shape index (κ1) is 20.0. The number of benzene rings is 2. The van der Waals surface area contributed by atoms with Crippen LogP contribution in [0.5, 0.6) is 17.2 Å². The van der Waals surface area contributed by atoms with E-state index in [9.17, 15) is 0 Å². The second kappa shape index (κ2) is 7.72. The van der Waals surface area contributed by atoms with Gasteiger partial charge in [-0.2, -0.15) is 0 Å². The molecule has 0 fully saturated rings. The lowest BCUT2D eigenvalue weighted by atomic mass is 10.0. The van der Waals surface area contributed by atoms with Crippen LogP contribution in [0.25, 0.3) is 11.1 Å². The molecule has 0 saturated heterocycles. The van der Waals surface area contributed by atoms with Gasteiger partial charge in [0.15, 0.2) is 0 Å². The highest BCUT2D eigenvalue weighted by Crippen LogP contribution is 2.57. The van der Waals surface area contributed by atoms with E-state index in [-0.39, 0.29) is 17.4 Å². The number of rotatable bonds is 5. The van der Waals surface area contributed by atoms with Crippen LogP contribution in [0.2, 0.25) is 0 Å². The predicted molar refractivity (Wildman–Crippen MR) is 115 cm³/mol. The molecule has 0 amide bonds. The van der Waals surface area contributed by atoms with Crippen molar-refractivity contribution in [2.75, 3.05) is 6.35 Å². The molecule has 146 valence electrons. The maximum atomic E-state index is 6.19. The molecule has 4 heteroatoms. The van der Waals surface area contributed by atoms with Crippen LogP contribution in [0.4, 0.5) is 0 Å². The first-order chi connectivity index (χ1) is 12.7. The van der Waals surface area contributed by atoms with Crippen molar-refractivity contribution in [3.63, 3.8) is 0 Å². The lowest BCUT2D eigenvalue weighted by molar-refractivity contribution is 0.231. The second-order valence-corrected chi connectivity index (χ2v) is 11.4. The number of hydrogen-bond acceptors (Lipinski definition) is 3. The normalized spacial score (nSPS) is 16.4. The third kappa shape index (κ3) is 4.24. The van der Waals surface area contributed by atoms with Gasteiger partial charge in [0, 0.05) is 10.9 Å². The number of ether oxygens (including phenoxy) is 3. The van der Waals surface area contributed by atoms with Gasteiger partial charge in [-0.3, -0.25) is 0 Å². The summed E-state index contributed by atoms with van der Waals surface area (Å²) in [5, 5.41) is 1.50. The van der Waals surface area contributed by atoms with Crippen molar-refractivity contribution < 1.29 is 14.2 Å². The van der Waals surface area contributed by atoms with Crippen molar-refractivity contribution >= 4 is 13.2 Å². The molecular weight excluding hydrogens is 355 g/mol. The first-order valence-electron chi connectivity index (χ1n) is 9.68. The Kier molecular flexibility index (Phi) is 5.72. The zero-order valence-corrected chi connectivity index (χ0v) is 18.4. The average molecular weight is 386 g/mol. The van der Waals surface area contributed by atoms with E-state index in [2.05, 4.69) is 66.7 Å². The summed E-state index contributed by atoms with van der Waals surface area (Å²) in [4.78, 5) is 0. The quantitative estimate of drug-likeness (QED) is 0.574. The molecule has 3 nitrogen and oxygen atoms in total. The molecule has 1 aliphatic heterocycles. The SMILES string of the molecule is CC(C)Oc1cccc(OC(C)C)c1-c1cccc2c1P(C(C)(C)C)CO2. The number of fused-ring (bicyclic) bond motifs is 1. The summed E-state index contributed by atoms with van der Waals surface area (Å²) in [6.07, 6.45) is 0.962. The van der Waals surface area contributed by atoms with Crippen LogP contribution >= 0.6 is 7.92 Å². The topological polar surface area (TPSA) is 27.7 Å². The molecule has 0 saturated carbocycles. The first-order valence-corrected chi connectivity index (χ1v) is 11.2. The van der Waals surface area contributed by atoms with Crippen molar-refractivity contribution in [2.45, 2.75) is 65.8 Å². The Bertz CT molecular complexity index is 778. The Morgan fingerprint density at radius 1 is 0.889 bits per heavy atom. The summed E-state index contributed by atoms with van der Waals surface area (Å²) in [7, 11) is -0.445. The minimum absolute atomic E-state index is 0.0928. The molecule has 0 bridgehead atoms. The van der Waals surface area contributed by atoms with E-state index in [0.717, 1.165) is 29.2 Å². The number of hydrogen-bond donors (Lipinski definition) is 0. The van der Waals surface area contributed by atoms with Crippen molar-refractivity contribution in [3.8, 4) is 28.4 Å². The molecule has 0 radical (unpaired) electrons. The Morgan fingerprint density at radius 3 is 1.96 bits per heavy atom. The van der Waals surface area contributed by atoms with Gasteiger partial charge in [0.25, 0.3) is 0 Å². The van der Waals surface area contributed by atoms with Gasteiger partial charge < -0.3 is 14.2 Å². The Morgan fingerprint density at radius 2 is 1.44 bits per heavy atom. The zero-order chi connectivity index (χ0) is 19.8. The van der Waals surface area contributed by atoms with Gasteiger partial charge >= 0.3 is 0 Å². The summed E-state index contributed by atoms with van der Waals surface area (Å²) in [5.41, 5.74) is 2.22. The van der Waals surface area contributed by atoms with Gasteiger partial charge in [0.2, 0.25) is 0 Å². The summed E-state index contributed by atoms with van der Waals surface area (Å²) in [6, 6.07) is 12.4. The van der Waals surface area contributed by atoms with E-state index >= 15 is 0 Å². The fourth-order valence-corrected chi connectivity index (χ4v) is 5.67. The van der Waals surface area contributed by atoms with Gasteiger partial charge in [0.05, 0.1) is 17.8 Å². The van der Waals surface area contributed by atoms with Gasteiger partial charge in [0.1, 0.15) is 23.6 Å². The molecule has 2 aromatic carbocycles. The van der Waals surface area contributed by atoms with Crippen LogP contribution in [0, 0.1) is 0 Å². The molecule has 1 unspecified atom stereocenters. The molecule has 0 aromatic heterocycles. The van der Waals surface area contributed by atoms with E-state index < -0.39 is 7.92 Å². The Hall–Kier alpha value is -1.73. The lowest BCUT2D eigenvalue weighted by Gasteiger charge is -2.28. The molecule has 27 heavy (non-hydrogen) atoms. The molecule has 1 aliphatic rings. The van der Waals surface area contributed by atoms with Crippen LogP contribution in [-0.2, 0) is 0 Å². The maximum Gasteiger partial charge on any atom is 0.131 e. The molecule has 3 rings (SSSR count). The minimum atomic E-state index is -0.445. The van der Waals surface area contributed by atoms with Gasteiger partial charge in [-0.05, 0) is 59.0 Å². The molecule has 0 N–H and O–H groups in total. The van der Waals surface area contributed by atoms with Crippen molar-refractivity contribution in [3.05, 3.63) is 36.4 Å². The van der Waals surface area contributed by atoms with Crippen molar-refractivity contribution in [1.82, 2.24) is 0 Å². The highest BCUT2D eigenvalue weighted by atomic mass is 31.1. The summed E-state index contributed by atoms with van der Waals surface area (Å²) >= 11 is 0. The Labute approximate surface area is 164 Å². The third-order valence-corrected chi connectivity index (χ3v) is 7.42. The van der Waals surface area contributed by atoms with Crippen molar-refractivity contribution in [2.24, 2.45) is 0 Å². The molecule has 2 aromatic rings. The van der Waals surface area contributed by atoms with E-state index in [1.165, 1.54) is 10.9 Å². The fourth-order valence-electron chi connectivity index (χ4n) is 3.33. The molecule has 1 heterocycles. The van der Waals surface area contributed by atoms with Gasteiger partial charge in [-0.1, -0.05) is 39.0 Å². The lowest BCUT2D eigenvalue weighted by Crippen LogP contribution is -2.19. The monoisotopic (exact) mass is 386 g/mol. The highest BCUT2D eigenvalue weighted by molar-refractivity contribution is 7.67. The summed E-state index contributed by atoms with van der Waals surface area (Å²) < 4.78 is 18.5. The van der Waals surface area contributed by atoms with Gasteiger partial charge in [-0.25, -0.2) is 0 Å². The molecular formula is C23H31O3P. The van der Waals surface area contributed by atoms with Gasteiger partial charge in [-0.15, -0.1) is 0 Å². The van der Waals surface area contributed by atoms with E-state index in [1.54, 1.807) is 0 Å². The fraction of sp³-hybridized carbons (Fsp3) is 0.478. The largest absolute Gasteiger partial charge is 0.490 e. The minimum Gasteiger partial charge on any atom is -0.490 e. The zero-order valence-electron chi connectivity index (χ0n) is 17.5. The van der Waals surface area contributed by atoms with E-state index in [0.29, 0.717) is 0 Å². The summed E-state index contributed by atoms with van der Waals surface area (Å²) in [5.74, 6) is 2.74. The van der Waals surface area contributed by atoms with Crippen LogP contribution in [0.3, 0.4) is 0 Å². The third-order valence-electron chi connectivity index (χ3n) is 4.41. The van der Waals surface area contributed by atoms with Crippen LogP contribution < -0.4 is 19.5 Å². The van der Waals surface area contributed by atoms with E-state index in [4.69, 9.17) is 14.2 Å². The predicted octanol–water partition coefficient (Wildman–Crippen LogP) is 6.18. The summed E-state index contributed by atoms with van der Waals surface area (Å²) in [6.45, 7) is 15.1. The smallest absolute Gasteiger partial charge is 0.131 e. The van der Waals surface area contributed by atoms with Crippen LogP contribution in [0.15, 0.2) is 36.4 Å². The van der Waals surface area contributed by atoms with Crippen LogP contribution in [0.1, 0.15) is 48.5 Å². The molecule has 1 atom stereocenters. The molecule has 0 spiro atoms. The Balaban J connectivity index is 2.24. The maximum absolute atomic E-state index is 6.19. The van der Waals surface area contributed by atoms with Crippen molar-refractivity contribution in [1.29, 1.82) is 0 Å². The second-order valence-electron chi connectivity index (χ2n) is 8.49. The average Bonchev–Trinajstić information content (AvgIpc) is 2.98. The van der Waals surface area contributed by atoms with Crippen LogP contribution in [-0.4, -0.2) is 23.7 Å². The standard InChI is InChI=1S/C23H31O3P/c1-15(2)25-18-11-9-12-19(26-16(3)4)21(18)17-10-8-13-20-22(17)27(14-24-20)23(5,6)7/h8-13,15-16H,14H2,1-7H3.